The van der Waals surface area contributed by atoms with Crippen molar-refractivity contribution < 1.29 is 14.3 Å². The number of carbonyl (C=O) groups excluding carboxylic acids is 1. The average molecular weight is 383 g/mol. The van der Waals surface area contributed by atoms with Crippen LogP contribution in [0.1, 0.15) is 37.7 Å². The summed E-state index contributed by atoms with van der Waals surface area (Å²) in [7, 11) is 1.70. The molecule has 1 aliphatic carbocycles. The van der Waals surface area contributed by atoms with Crippen molar-refractivity contribution >= 4 is 18.3 Å². The normalized spacial score (nSPS) is 27.0. The highest BCUT2D eigenvalue weighted by molar-refractivity contribution is 5.85. The molecule has 26 heavy (non-hydrogen) atoms. The van der Waals surface area contributed by atoms with Crippen molar-refractivity contribution in [2.45, 2.75) is 57.0 Å². The SMILES string of the molecule is CO[C@@H]1CC[C@H](C(=O)N2CCC(OCc3ccccc3)CC2)C[C@H]1N.Cl. The molecule has 0 aromatic heterocycles. The van der Waals surface area contributed by atoms with Gasteiger partial charge in [-0.15, -0.1) is 12.4 Å². The molecule has 1 saturated heterocycles. The fourth-order valence-electron chi connectivity index (χ4n) is 3.98. The third-order valence-electron chi connectivity index (χ3n) is 5.57. The minimum absolute atomic E-state index is 0. The number of carbonyl (C=O) groups is 1. The number of rotatable bonds is 5. The molecular formula is C20H31ClN2O3. The number of halogens is 1. The Kier molecular flexibility index (Phi) is 8.35. The lowest BCUT2D eigenvalue weighted by Gasteiger charge is -2.37. The topological polar surface area (TPSA) is 64.8 Å². The summed E-state index contributed by atoms with van der Waals surface area (Å²) in [5.74, 6) is 0.328. The lowest BCUT2D eigenvalue weighted by molar-refractivity contribution is -0.140. The molecule has 3 rings (SSSR count). The molecule has 3 atom stereocenters. The van der Waals surface area contributed by atoms with Crippen LogP contribution in [0.2, 0.25) is 0 Å². The van der Waals surface area contributed by atoms with E-state index in [4.69, 9.17) is 15.2 Å². The maximum atomic E-state index is 12.8. The van der Waals surface area contributed by atoms with E-state index < -0.39 is 0 Å². The van der Waals surface area contributed by atoms with Crippen LogP contribution in [0.5, 0.6) is 0 Å². The largest absolute Gasteiger partial charge is 0.380 e. The first-order valence-corrected chi connectivity index (χ1v) is 9.40. The van der Waals surface area contributed by atoms with Crippen LogP contribution in [0.25, 0.3) is 0 Å². The molecule has 6 heteroatoms. The van der Waals surface area contributed by atoms with Crippen molar-refractivity contribution in [3.05, 3.63) is 35.9 Å². The molecule has 1 aromatic carbocycles. The first-order chi connectivity index (χ1) is 12.2. The monoisotopic (exact) mass is 382 g/mol. The molecule has 1 aromatic rings. The van der Waals surface area contributed by atoms with Gasteiger partial charge >= 0.3 is 0 Å². The van der Waals surface area contributed by atoms with Gasteiger partial charge in [-0.1, -0.05) is 30.3 Å². The smallest absolute Gasteiger partial charge is 0.225 e. The molecule has 2 fully saturated rings. The molecule has 146 valence electrons. The summed E-state index contributed by atoms with van der Waals surface area (Å²) >= 11 is 0. The molecule has 1 saturated carbocycles. The third-order valence-corrected chi connectivity index (χ3v) is 5.57. The van der Waals surface area contributed by atoms with Gasteiger partial charge in [-0.05, 0) is 37.7 Å². The Hall–Kier alpha value is -1.14. The molecule has 5 nitrogen and oxygen atoms in total. The summed E-state index contributed by atoms with van der Waals surface area (Å²) in [5.41, 5.74) is 7.35. The predicted octanol–water partition coefficient (Wildman–Crippen LogP) is 2.76. The first kappa shape index (κ1) is 21.2. The van der Waals surface area contributed by atoms with Crippen molar-refractivity contribution in [1.29, 1.82) is 0 Å². The van der Waals surface area contributed by atoms with Gasteiger partial charge in [0.1, 0.15) is 0 Å². The Morgan fingerprint density at radius 1 is 1.15 bits per heavy atom. The van der Waals surface area contributed by atoms with Gasteiger partial charge in [-0.25, -0.2) is 0 Å². The summed E-state index contributed by atoms with van der Waals surface area (Å²) in [6.45, 7) is 2.23. The van der Waals surface area contributed by atoms with Crippen LogP contribution in [0, 0.1) is 5.92 Å². The van der Waals surface area contributed by atoms with E-state index in [0.29, 0.717) is 6.61 Å². The molecular weight excluding hydrogens is 352 g/mol. The highest BCUT2D eigenvalue weighted by Crippen LogP contribution is 2.28. The zero-order chi connectivity index (χ0) is 17.6. The minimum atomic E-state index is -0.0283. The fraction of sp³-hybridized carbons (Fsp3) is 0.650. The predicted molar refractivity (Wildman–Crippen MR) is 104 cm³/mol. The molecule has 0 radical (unpaired) electrons. The highest BCUT2D eigenvalue weighted by atomic mass is 35.5. The maximum absolute atomic E-state index is 12.8. The van der Waals surface area contributed by atoms with E-state index in [1.165, 1.54) is 5.56 Å². The number of hydrogen-bond donors (Lipinski definition) is 1. The number of methoxy groups -OCH3 is 1. The van der Waals surface area contributed by atoms with Gasteiger partial charge in [0.05, 0.1) is 18.8 Å². The van der Waals surface area contributed by atoms with Gasteiger partial charge in [0.15, 0.2) is 0 Å². The van der Waals surface area contributed by atoms with Crippen LogP contribution in [0.15, 0.2) is 30.3 Å². The van der Waals surface area contributed by atoms with E-state index >= 15 is 0 Å². The van der Waals surface area contributed by atoms with Crippen molar-refractivity contribution in [2.75, 3.05) is 20.2 Å². The van der Waals surface area contributed by atoms with E-state index in [0.717, 1.165) is 45.2 Å². The van der Waals surface area contributed by atoms with E-state index in [1.807, 2.05) is 23.1 Å². The van der Waals surface area contributed by atoms with Gasteiger partial charge in [-0.2, -0.15) is 0 Å². The van der Waals surface area contributed by atoms with Crippen LogP contribution in [0.4, 0.5) is 0 Å². The van der Waals surface area contributed by atoms with Gasteiger partial charge in [0.25, 0.3) is 0 Å². The number of nitrogens with two attached hydrogens (primary N) is 1. The molecule has 2 N–H and O–H groups in total. The Balaban J connectivity index is 0.00000243. The Morgan fingerprint density at radius 3 is 2.46 bits per heavy atom. The number of hydrogen-bond acceptors (Lipinski definition) is 4. The van der Waals surface area contributed by atoms with Crippen LogP contribution in [-0.2, 0) is 20.9 Å². The van der Waals surface area contributed by atoms with Gasteiger partial charge in [-0.3, -0.25) is 4.79 Å². The number of benzene rings is 1. The number of piperidine rings is 1. The molecule has 2 aliphatic rings. The van der Waals surface area contributed by atoms with Crippen LogP contribution in [-0.4, -0.2) is 49.3 Å². The van der Waals surface area contributed by atoms with Crippen LogP contribution >= 0.6 is 12.4 Å². The second kappa shape index (κ2) is 10.3. The summed E-state index contributed by atoms with van der Waals surface area (Å²) in [6, 6.07) is 10.2. The minimum Gasteiger partial charge on any atom is -0.380 e. The second-order valence-electron chi connectivity index (χ2n) is 7.27. The maximum Gasteiger partial charge on any atom is 0.225 e. The average Bonchev–Trinajstić information content (AvgIpc) is 2.67. The molecule has 0 unspecified atom stereocenters. The zero-order valence-electron chi connectivity index (χ0n) is 15.5. The third kappa shape index (κ3) is 5.43. The highest BCUT2D eigenvalue weighted by Gasteiger charge is 2.35. The molecule has 0 spiro atoms. The standard InChI is InChI=1S/C20H30N2O3.ClH/c1-24-19-8-7-16(13-18(19)21)20(23)22-11-9-17(10-12-22)25-14-15-5-3-2-4-6-15;/h2-6,16-19H,7-14,21H2,1H3;1H/t16-,18+,19+;/m0./s1. The number of amides is 1. The Morgan fingerprint density at radius 2 is 1.85 bits per heavy atom. The van der Waals surface area contributed by atoms with E-state index in [-0.39, 0.29) is 42.5 Å². The lowest BCUT2D eigenvalue weighted by atomic mass is 9.83. The quantitative estimate of drug-likeness (QED) is 0.850. The van der Waals surface area contributed by atoms with Gasteiger partial charge in [0, 0.05) is 32.2 Å². The summed E-state index contributed by atoms with van der Waals surface area (Å²) in [4.78, 5) is 14.8. The summed E-state index contributed by atoms with van der Waals surface area (Å²) in [6.07, 6.45) is 4.68. The van der Waals surface area contributed by atoms with Crippen molar-refractivity contribution in [2.24, 2.45) is 11.7 Å². The molecule has 0 bridgehead atoms. The van der Waals surface area contributed by atoms with Crippen molar-refractivity contribution in [3.8, 4) is 0 Å². The number of nitrogens with zero attached hydrogens (tertiary/aromatic N) is 1. The first-order valence-electron chi connectivity index (χ1n) is 9.40. The Bertz CT molecular complexity index is 549. The Labute approximate surface area is 162 Å². The van der Waals surface area contributed by atoms with E-state index in [9.17, 15) is 4.79 Å². The number of ether oxygens (including phenoxy) is 2. The molecule has 1 heterocycles. The van der Waals surface area contributed by atoms with Crippen LogP contribution in [0.3, 0.4) is 0 Å². The zero-order valence-corrected chi connectivity index (χ0v) is 16.3. The summed E-state index contributed by atoms with van der Waals surface area (Å²) in [5, 5.41) is 0. The van der Waals surface area contributed by atoms with E-state index in [1.54, 1.807) is 7.11 Å². The summed E-state index contributed by atoms with van der Waals surface area (Å²) < 4.78 is 11.4. The molecule has 1 amide bonds. The van der Waals surface area contributed by atoms with Crippen LogP contribution < -0.4 is 5.73 Å². The fourth-order valence-corrected chi connectivity index (χ4v) is 3.98. The second-order valence-corrected chi connectivity index (χ2v) is 7.27. The lowest BCUT2D eigenvalue weighted by Crippen LogP contribution is -2.49. The van der Waals surface area contributed by atoms with Crippen molar-refractivity contribution in [3.63, 3.8) is 0 Å². The van der Waals surface area contributed by atoms with Gasteiger partial charge in [0.2, 0.25) is 5.91 Å². The van der Waals surface area contributed by atoms with Gasteiger partial charge < -0.3 is 20.1 Å². The van der Waals surface area contributed by atoms with Crippen molar-refractivity contribution in [1.82, 2.24) is 4.90 Å². The van der Waals surface area contributed by atoms with E-state index in [2.05, 4.69) is 12.1 Å². The number of likely N-dealkylation sites (tertiary alicyclic amines) is 1. The molecule has 1 aliphatic heterocycles.